The molecule has 0 nitrogen and oxygen atoms in total. The van der Waals surface area contributed by atoms with Crippen LogP contribution in [0.15, 0.2) is 96.1 Å². The molecule has 0 saturated heterocycles. The molecular formula is C60H77Cl2F3SiZr. The second kappa shape index (κ2) is 21.7. The van der Waals surface area contributed by atoms with E-state index in [-0.39, 0.29) is 32.1 Å². The van der Waals surface area contributed by atoms with Gasteiger partial charge in [0.1, 0.15) is 0 Å². The van der Waals surface area contributed by atoms with Crippen LogP contribution in [0.25, 0.3) is 34.4 Å². The number of rotatable bonds is 12. The fourth-order valence-corrected chi connectivity index (χ4v) is 38.7. The Hall–Kier alpha value is -2.17. The molecule has 0 spiro atoms. The van der Waals surface area contributed by atoms with Crippen LogP contribution in [0.3, 0.4) is 0 Å². The molecule has 4 aromatic rings. The first-order valence-corrected chi connectivity index (χ1v) is 39.5. The quantitative estimate of drug-likeness (QED) is 0.124. The van der Waals surface area contributed by atoms with E-state index in [9.17, 15) is 0 Å². The molecule has 10 rings (SSSR count). The number of benzene rings is 4. The fourth-order valence-electron chi connectivity index (χ4n) is 15.0. The van der Waals surface area contributed by atoms with Crippen LogP contribution in [0.4, 0.5) is 13.2 Å². The van der Waals surface area contributed by atoms with Crippen molar-refractivity contribution in [3.05, 3.63) is 129 Å². The van der Waals surface area contributed by atoms with Crippen molar-refractivity contribution >= 4 is 43.8 Å². The summed E-state index contributed by atoms with van der Waals surface area (Å²) < 4.78 is 48.5. The second-order valence-electron chi connectivity index (χ2n) is 22.9. The molecule has 0 heterocycles. The van der Waals surface area contributed by atoms with Crippen LogP contribution in [0.5, 0.6) is 0 Å². The van der Waals surface area contributed by atoms with Crippen molar-refractivity contribution in [3.8, 4) is 22.3 Å². The summed E-state index contributed by atoms with van der Waals surface area (Å²) in [6.07, 6.45) is 28.0. The zero-order valence-electron chi connectivity index (χ0n) is 40.3. The Morgan fingerprint density at radius 1 is 0.493 bits per heavy atom. The van der Waals surface area contributed by atoms with Crippen LogP contribution in [-0.2, 0) is 17.4 Å². The van der Waals surface area contributed by atoms with Gasteiger partial charge >= 0.3 is 395 Å². The van der Waals surface area contributed by atoms with Gasteiger partial charge in [-0.15, -0.1) is 24.8 Å². The van der Waals surface area contributed by atoms with E-state index in [0.29, 0.717) is 27.8 Å². The molecule has 0 amide bonds. The third-order valence-electron chi connectivity index (χ3n) is 18.2. The summed E-state index contributed by atoms with van der Waals surface area (Å²) in [7, 11) is 0. The number of hydrogen-bond donors (Lipinski definition) is 0. The average molecular weight is 1050 g/mol. The van der Waals surface area contributed by atoms with E-state index in [1.165, 1.54) is 195 Å². The van der Waals surface area contributed by atoms with Crippen molar-refractivity contribution in [1.82, 2.24) is 0 Å². The van der Waals surface area contributed by atoms with Crippen molar-refractivity contribution in [3.63, 3.8) is 0 Å². The molecule has 0 aromatic heterocycles. The molecule has 6 aliphatic rings. The standard InChI is InChI=1S/2C28H33.C3H4F3.CH3.2ClH.H2Si.Zr/c2*1-3-8-21(9-4-1)18-22-19-26-12-7-13-27(28(26)20-22)25-16-14-24(15-17-25)23-10-5-2-6-11-23;1-2-3(4,5)6;;;;;/h2*7,12-17,19-21,23H,1-6,8-11,18H2;1-2H2;1H3;2*1H;1H2;. The zero-order valence-corrected chi connectivity index (χ0v) is 45.8. The van der Waals surface area contributed by atoms with Crippen LogP contribution >= 0.6 is 24.8 Å². The molecule has 6 aliphatic carbocycles. The van der Waals surface area contributed by atoms with Gasteiger partial charge in [0.2, 0.25) is 0 Å². The van der Waals surface area contributed by atoms with Gasteiger partial charge in [-0.2, -0.15) is 0 Å². The molecular weight excluding hydrogens is 968 g/mol. The third kappa shape index (κ3) is 10.9. The maximum atomic E-state index is 15.2. The van der Waals surface area contributed by atoms with E-state index in [4.69, 9.17) is 0 Å². The topological polar surface area (TPSA) is 0 Å². The van der Waals surface area contributed by atoms with Gasteiger partial charge in [0.15, 0.2) is 0 Å². The monoisotopic (exact) mass is 1040 g/mol. The molecule has 360 valence electrons. The third-order valence-corrected chi connectivity index (χ3v) is 41.1. The molecule has 4 fully saturated rings. The van der Waals surface area contributed by atoms with Crippen molar-refractivity contribution in [2.45, 2.75) is 182 Å². The predicted molar refractivity (Wildman–Crippen MR) is 284 cm³/mol. The number of allylic oxidation sites excluding steroid dienone is 2. The summed E-state index contributed by atoms with van der Waals surface area (Å²) in [6.45, 7) is 2.19. The van der Waals surface area contributed by atoms with Crippen molar-refractivity contribution in [2.24, 2.45) is 11.8 Å². The molecule has 4 saturated carbocycles. The Bertz CT molecular complexity index is 2290. The van der Waals surface area contributed by atoms with Gasteiger partial charge in [0.25, 0.3) is 0 Å². The normalized spacial score (nSPS) is 22.3. The van der Waals surface area contributed by atoms with E-state index < -0.39 is 30.0 Å². The summed E-state index contributed by atoms with van der Waals surface area (Å²) in [4.78, 5) is 0. The van der Waals surface area contributed by atoms with Gasteiger partial charge in [0.05, 0.1) is 0 Å². The summed E-state index contributed by atoms with van der Waals surface area (Å²) >= 11 is -4.84. The first kappa shape index (κ1) is 51.2. The van der Waals surface area contributed by atoms with Crippen LogP contribution in [0, 0.1) is 11.8 Å². The molecule has 0 N–H and O–H groups in total. The molecule has 2 unspecified atom stereocenters. The predicted octanol–water partition coefficient (Wildman–Crippen LogP) is 19.1. The Kier molecular flexibility index (Phi) is 16.6. The van der Waals surface area contributed by atoms with Crippen LogP contribution in [0.2, 0.25) is 8.76 Å². The summed E-state index contributed by atoms with van der Waals surface area (Å²) in [5.41, 5.74) is 16.2. The number of alkyl halides is 3. The van der Waals surface area contributed by atoms with E-state index in [2.05, 4.69) is 109 Å². The maximum absolute atomic E-state index is 15.2. The van der Waals surface area contributed by atoms with Gasteiger partial charge in [-0.05, 0) is 0 Å². The van der Waals surface area contributed by atoms with E-state index in [0.717, 1.165) is 12.8 Å². The van der Waals surface area contributed by atoms with Crippen LogP contribution in [-0.4, -0.2) is 13.1 Å². The number of fused-ring (bicyclic) bond motifs is 2. The first-order chi connectivity index (χ1) is 31.5. The number of halogens is 5. The van der Waals surface area contributed by atoms with E-state index >= 15 is 13.2 Å². The summed E-state index contributed by atoms with van der Waals surface area (Å²) in [6, 6.07) is 32.9. The molecule has 0 bridgehead atoms. The molecule has 2 atom stereocenters. The Labute approximate surface area is 416 Å². The molecule has 7 heteroatoms. The van der Waals surface area contributed by atoms with Gasteiger partial charge < -0.3 is 0 Å². The summed E-state index contributed by atoms with van der Waals surface area (Å²) in [5, 5.41) is 0. The molecule has 67 heavy (non-hydrogen) atoms. The first-order valence-electron chi connectivity index (χ1n) is 26.5. The molecule has 4 aromatic carbocycles. The van der Waals surface area contributed by atoms with Crippen molar-refractivity contribution in [1.29, 1.82) is 0 Å². The average Bonchev–Trinajstić information content (AvgIpc) is 3.92. The zero-order chi connectivity index (χ0) is 44.6. The molecule has 0 aliphatic heterocycles. The number of hydrogen-bond acceptors (Lipinski definition) is 0. The summed E-state index contributed by atoms with van der Waals surface area (Å²) in [5.74, 6) is 2.51. The Morgan fingerprint density at radius 3 is 1.21 bits per heavy atom. The molecule has 0 radical (unpaired) electrons. The van der Waals surface area contributed by atoms with Crippen molar-refractivity contribution < 1.29 is 30.6 Å². The minimum atomic E-state index is -4.84. The Morgan fingerprint density at radius 2 is 0.851 bits per heavy atom. The van der Waals surface area contributed by atoms with E-state index in [1.807, 2.05) is 0 Å². The van der Waals surface area contributed by atoms with Crippen LogP contribution < -0.4 is 0 Å². The van der Waals surface area contributed by atoms with Crippen molar-refractivity contribution in [2.75, 3.05) is 0 Å². The van der Waals surface area contributed by atoms with Gasteiger partial charge in [-0.3, -0.25) is 0 Å². The SMILES string of the molecule is Cl.Cl.[CH3][Zr](=[SiH2])([CH2]CC(F)(F)F)([CH]1C(CC2CCCCC2)=Cc2c(-c3ccc(C4CCCCC4)cc3)cccc21)[CH]1C(CC2CCCCC2)=Cc2c(-c3ccc(C4CCCCC4)cc3)cccc21. The minimum absolute atomic E-state index is 0. The van der Waals surface area contributed by atoms with E-state index in [1.54, 1.807) is 0 Å². The van der Waals surface area contributed by atoms with Crippen LogP contribution in [0.1, 0.15) is 200 Å². The van der Waals surface area contributed by atoms with Gasteiger partial charge in [-0.25, -0.2) is 0 Å². The van der Waals surface area contributed by atoms with Gasteiger partial charge in [-0.1, -0.05) is 0 Å². The Balaban J connectivity index is 0.00000304. The van der Waals surface area contributed by atoms with Gasteiger partial charge in [0, 0.05) is 0 Å². The second-order valence-corrected chi connectivity index (χ2v) is 51.3. The fraction of sp³-hybridized carbons (Fsp3) is 0.533.